The lowest BCUT2D eigenvalue weighted by molar-refractivity contribution is 0.201. The summed E-state index contributed by atoms with van der Waals surface area (Å²) in [5, 5.41) is 3.31. The Balaban J connectivity index is 2.22. The van der Waals surface area contributed by atoms with E-state index in [0.29, 0.717) is 18.8 Å². The summed E-state index contributed by atoms with van der Waals surface area (Å²) in [6.45, 7) is 4.65. The molecular formula is C13H17N5O3S. The van der Waals surface area contributed by atoms with Gasteiger partial charge in [-0.25, -0.2) is 9.78 Å². The van der Waals surface area contributed by atoms with Crippen LogP contribution in [-0.2, 0) is 10.0 Å². The van der Waals surface area contributed by atoms with Crippen molar-refractivity contribution in [3.8, 4) is 0 Å². The van der Waals surface area contributed by atoms with Gasteiger partial charge in [0.15, 0.2) is 0 Å². The van der Waals surface area contributed by atoms with Crippen LogP contribution in [0.1, 0.15) is 13.8 Å². The lowest BCUT2D eigenvalue weighted by atomic mass is 10.3. The highest BCUT2D eigenvalue weighted by molar-refractivity contribution is 7.92. The molecule has 1 amide bonds. The van der Waals surface area contributed by atoms with Crippen LogP contribution in [0.2, 0.25) is 0 Å². The van der Waals surface area contributed by atoms with E-state index in [1.54, 1.807) is 30.3 Å². The van der Waals surface area contributed by atoms with Gasteiger partial charge in [0.2, 0.25) is 0 Å². The van der Waals surface area contributed by atoms with Crippen molar-refractivity contribution in [2.75, 3.05) is 17.8 Å². The molecule has 1 N–H and O–H groups in total. The maximum atomic E-state index is 12.2. The van der Waals surface area contributed by atoms with E-state index in [-0.39, 0.29) is 0 Å². The highest BCUT2D eigenvalue weighted by Gasteiger charge is 2.22. The monoisotopic (exact) mass is 323 g/mol. The van der Waals surface area contributed by atoms with Crippen LogP contribution in [0.15, 0.2) is 41.8 Å². The summed E-state index contributed by atoms with van der Waals surface area (Å²) in [6, 6.07) is 7.97. The first-order valence-electron chi connectivity index (χ1n) is 6.76. The number of carbonyl (C=O) groups is 1. The first kappa shape index (κ1) is 16.0. The molecule has 0 fully saturated rings. The second-order valence-electron chi connectivity index (χ2n) is 4.40. The molecule has 8 nitrogen and oxygen atoms in total. The van der Waals surface area contributed by atoms with Crippen LogP contribution in [0.25, 0.3) is 0 Å². The van der Waals surface area contributed by atoms with Crippen molar-refractivity contribution in [3.05, 3.63) is 36.7 Å². The fraction of sp³-hybridized carbons (Fsp3) is 0.308. The van der Waals surface area contributed by atoms with Gasteiger partial charge in [-0.3, -0.25) is 4.72 Å². The Morgan fingerprint density at radius 1 is 1.23 bits per heavy atom. The average molecular weight is 323 g/mol. The highest BCUT2D eigenvalue weighted by atomic mass is 32.2. The molecule has 1 heterocycles. The van der Waals surface area contributed by atoms with Gasteiger partial charge in [0.05, 0.1) is 0 Å². The summed E-state index contributed by atoms with van der Waals surface area (Å²) in [7, 11) is -3.93. The molecule has 1 aromatic carbocycles. The molecule has 0 aliphatic rings. The Hall–Kier alpha value is -2.42. The molecule has 2 rings (SSSR count). The third-order valence-electron chi connectivity index (χ3n) is 2.97. The summed E-state index contributed by atoms with van der Waals surface area (Å²) in [6.07, 6.45) is 1.10. The predicted molar refractivity (Wildman–Crippen MR) is 81.0 cm³/mol. The van der Waals surface area contributed by atoms with Crippen LogP contribution in [0.3, 0.4) is 0 Å². The molecule has 0 aliphatic heterocycles. The second-order valence-corrected chi connectivity index (χ2v) is 5.97. The van der Waals surface area contributed by atoms with Crippen molar-refractivity contribution >= 4 is 21.7 Å². The molecule has 0 bridgehead atoms. The molecule has 22 heavy (non-hydrogen) atoms. The number of nitrogens with zero attached hydrogens (tertiary/aromatic N) is 4. The number of carbonyl (C=O) groups excluding carboxylic acids is 1. The van der Waals surface area contributed by atoms with E-state index in [4.69, 9.17) is 0 Å². The average Bonchev–Trinajstić information content (AvgIpc) is 2.99. The van der Waals surface area contributed by atoms with Gasteiger partial charge in [-0.05, 0) is 26.0 Å². The molecule has 0 atom stereocenters. The molecule has 118 valence electrons. The predicted octanol–water partition coefficient (Wildman–Crippen LogP) is 1.39. The van der Waals surface area contributed by atoms with E-state index in [0.717, 1.165) is 11.0 Å². The first-order chi connectivity index (χ1) is 10.5. The molecule has 9 heteroatoms. The van der Waals surface area contributed by atoms with Crippen molar-refractivity contribution in [1.29, 1.82) is 0 Å². The minimum Gasteiger partial charge on any atom is -0.323 e. The fourth-order valence-corrected chi connectivity index (χ4v) is 2.73. The molecule has 0 unspecified atom stereocenters. The largest absolute Gasteiger partial charge is 0.346 e. The number of rotatable bonds is 5. The van der Waals surface area contributed by atoms with Gasteiger partial charge in [0.1, 0.15) is 6.33 Å². The van der Waals surface area contributed by atoms with Gasteiger partial charge in [0.25, 0.3) is 15.2 Å². The van der Waals surface area contributed by atoms with Crippen LogP contribution < -0.4 is 4.72 Å². The number of anilines is 1. The number of amides is 1. The molecule has 2 aromatic rings. The lowest BCUT2D eigenvalue weighted by Gasteiger charge is -2.17. The Bertz CT molecular complexity index is 738. The smallest absolute Gasteiger partial charge is 0.323 e. The molecule has 0 aliphatic carbocycles. The zero-order chi connectivity index (χ0) is 16.2. The first-order valence-corrected chi connectivity index (χ1v) is 8.25. The summed E-state index contributed by atoms with van der Waals surface area (Å²) < 4.78 is 27.6. The maximum absolute atomic E-state index is 12.2. The molecule has 1 aromatic heterocycles. The van der Waals surface area contributed by atoms with Crippen molar-refractivity contribution in [3.63, 3.8) is 0 Å². The molecule has 0 radical (unpaired) electrons. The number of nitrogens with one attached hydrogen (secondary N) is 1. The number of hydrogen-bond donors (Lipinski definition) is 1. The van der Waals surface area contributed by atoms with Crippen LogP contribution in [0.4, 0.5) is 10.5 Å². The lowest BCUT2D eigenvalue weighted by Crippen LogP contribution is -2.34. The number of para-hydroxylation sites is 1. The van der Waals surface area contributed by atoms with Gasteiger partial charge >= 0.3 is 6.03 Å². The normalized spacial score (nSPS) is 11.2. The minimum atomic E-state index is -3.93. The summed E-state index contributed by atoms with van der Waals surface area (Å²) >= 11 is 0. The Morgan fingerprint density at radius 2 is 1.86 bits per heavy atom. The topological polar surface area (TPSA) is 97.2 Å². The van der Waals surface area contributed by atoms with Gasteiger partial charge in [-0.2, -0.15) is 13.1 Å². The van der Waals surface area contributed by atoms with Gasteiger partial charge in [-0.1, -0.05) is 18.2 Å². The Morgan fingerprint density at radius 3 is 2.45 bits per heavy atom. The Kier molecular flexibility index (Phi) is 4.76. The van der Waals surface area contributed by atoms with Crippen LogP contribution in [0.5, 0.6) is 0 Å². The number of benzene rings is 1. The van der Waals surface area contributed by atoms with Gasteiger partial charge in [-0.15, -0.1) is 5.10 Å². The molecule has 0 saturated heterocycles. The van der Waals surface area contributed by atoms with E-state index in [9.17, 15) is 13.2 Å². The van der Waals surface area contributed by atoms with Crippen molar-refractivity contribution in [1.82, 2.24) is 19.7 Å². The van der Waals surface area contributed by atoms with Crippen molar-refractivity contribution in [2.24, 2.45) is 0 Å². The van der Waals surface area contributed by atoms with Crippen LogP contribution in [-0.4, -0.2) is 47.2 Å². The molecule has 0 spiro atoms. The van der Waals surface area contributed by atoms with E-state index < -0.39 is 21.2 Å². The van der Waals surface area contributed by atoms with Gasteiger partial charge < -0.3 is 4.90 Å². The molecular weight excluding hydrogens is 306 g/mol. The SMILES string of the molecule is CCN(CC)C(=O)n1cnc(S(=O)(=O)Nc2ccccc2)n1. The second kappa shape index (κ2) is 6.56. The third kappa shape index (κ3) is 3.42. The third-order valence-corrected chi connectivity index (χ3v) is 4.14. The summed E-state index contributed by atoms with van der Waals surface area (Å²) in [5.74, 6) is 0. The summed E-state index contributed by atoms with van der Waals surface area (Å²) in [4.78, 5) is 17.3. The van der Waals surface area contributed by atoms with Crippen molar-refractivity contribution < 1.29 is 13.2 Å². The van der Waals surface area contributed by atoms with E-state index >= 15 is 0 Å². The minimum absolute atomic E-state index is 0.397. The number of sulfonamides is 1. The zero-order valence-electron chi connectivity index (χ0n) is 12.3. The zero-order valence-corrected chi connectivity index (χ0v) is 13.1. The maximum Gasteiger partial charge on any atom is 0.346 e. The number of aromatic nitrogens is 3. The van der Waals surface area contributed by atoms with E-state index in [1.165, 1.54) is 4.90 Å². The molecule has 0 saturated carbocycles. The van der Waals surface area contributed by atoms with E-state index in [2.05, 4.69) is 14.8 Å². The van der Waals surface area contributed by atoms with E-state index in [1.807, 2.05) is 13.8 Å². The van der Waals surface area contributed by atoms with Crippen molar-refractivity contribution in [2.45, 2.75) is 19.0 Å². The Labute approximate surface area is 128 Å². The summed E-state index contributed by atoms with van der Waals surface area (Å²) in [5.41, 5.74) is 0.397. The standard InChI is InChI=1S/C13H17N5O3S/c1-3-17(4-2)13(19)18-10-14-12(15-18)22(20,21)16-11-8-6-5-7-9-11/h5-10,16H,3-4H2,1-2H3. The van der Waals surface area contributed by atoms with Gasteiger partial charge in [0, 0.05) is 18.8 Å². The van der Waals surface area contributed by atoms with Crippen LogP contribution in [0, 0.1) is 0 Å². The quantitative estimate of drug-likeness (QED) is 0.896. The number of hydrogen-bond acceptors (Lipinski definition) is 5. The van der Waals surface area contributed by atoms with Crippen LogP contribution >= 0.6 is 0 Å². The fourth-order valence-electron chi connectivity index (χ4n) is 1.81. The highest BCUT2D eigenvalue weighted by Crippen LogP contribution is 2.12.